The number of hydrogen-bond acceptors (Lipinski definition) is 3. The minimum atomic E-state index is 0.00169. The summed E-state index contributed by atoms with van der Waals surface area (Å²) in [4.78, 5) is 16.5. The molecule has 1 atom stereocenters. The molecule has 0 spiro atoms. The van der Waals surface area contributed by atoms with Crippen molar-refractivity contribution in [2.24, 2.45) is 0 Å². The lowest BCUT2D eigenvalue weighted by atomic mass is 10.2. The zero-order valence-electron chi connectivity index (χ0n) is 10.3. The summed E-state index contributed by atoms with van der Waals surface area (Å²) in [6, 6.07) is 0.227. The highest BCUT2D eigenvalue weighted by Crippen LogP contribution is 2.21. The van der Waals surface area contributed by atoms with Gasteiger partial charge >= 0.3 is 0 Å². The van der Waals surface area contributed by atoms with Gasteiger partial charge in [-0.1, -0.05) is 0 Å². The molecule has 6 heteroatoms. The summed E-state index contributed by atoms with van der Waals surface area (Å²) in [6.45, 7) is 6.54. The molecule has 5 nitrogen and oxygen atoms in total. The standard InChI is InChI=1S/C11H17BrN4O/c1-7-6-15(3)4-5-16(7)11(17)10-9(12)8(2)13-14-10/h7H,4-6H2,1-3H3,(H,13,14)/t7-/m1/s1. The SMILES string of the molecule is Cc1[nH]nc(C(=O)N2CCN(C)C[C@H]2C)c1Br. The summed E-state index contributed by atoms with van der Waals surface area (Å²) in [5.41, 5.74) is 1.37. The molecule has 1 fully saturated rings. The van der Waals surface area contributed by atoms with Crippen LogP contribution in [0.5, 0.6) is 0 Å². The van der Waals surface area contributed by atoms with Crippen molar-refractivity contribution < 1.29 is 4.79 Å². The van der Waals surface area contributed by atoms with Gasteiger partial charge in [-0.2, -0.15) is 5.10 Å². The topological polar surface area (TPSA) is 52.2 Å². The Morgan fingerprint density at radius 1 is 1.53 bits per heavy atom. The lowest BCUT2D eigenvalue weighted by molar-refractivity contribution is 0.0527. The lowest BCUT2D eigenvalue weighted by Gasteiger charge is -2.37. The Bertz CT molecular complexity index is 431. The maximum atomic E-state index is 12.3. The average molecular weight is 301 g/mol. The van der Waals surface area contributed by atoms with Gasteiger partial charge in [0.15, 0.2) is 5.69 Å². The Balaban J connectivity index is 2.18. The predicted octanol–water partition coefficient (Wildman–Crippen LogP) is 1.26. The van der Waals surface area contributed by atoms with Crippen LogP contribution in [-0.2, 0) is 0 Å². The highest BCUT2D eigenvalue weighted by molar-refractivity contribution is 9.10. The Morgan fingerprint density at radius 2 is 2.24 bits per heavy atom. The smallest absolute Gasteiger partial charge is 0.275 e. The molecular formula is C11H17BrN4O. The van der Waals surface area contributed by atoms with E-state index in [0.717, 1.165) is 29.8 Å². The normalized spacial score (nSPS) is 21.9. The first-order valence-electron chi connectivity index (χ1n) is 5.70. The molecule has 1 saturated heterocycles. The molecule has 1 aliphatic rings. The largest absolute Gasteiger partial charge is 0.332 e. The van der Waals surface area contributed by atoms with Gasteiger partial charge in [-0.3, -0.25) is 9.89 Å². The number of nitrogens with one attached hydrogen (secondary N) is 1. The maximum absolute atomic E-state index is 12.3. The van der Waals surface area contributed by atoms with Crippen molar-refractivity contribution in [3.05, 3.63) is 15.9 Å². The summed E-state index contributed by atoms with van der Waals surface area (Å²) in [6.07, 6.45) is 0. The van der Waals surface area contributed by atoms with Gasteiger partial charge in [-0.25, -0.2) is 0 Å². The molecular weight excluding hydrogens is 284 g/mol. The number of halogens is 1. The van der Waals surface area contributed by atoms with Crippen LogP contribution in [-0.4, -0.2) is 58.6 Å². The molecule has 0 bridgehead atoms. The van der Waals surface area contributed by atoms with Crippen molar-refractivity contribution in [2.45, 2.75) is 19.9 Å². The van der Waals surface area contributed by atoms with Crippen LogP contribution in [0.4, 0.5) is 0 Å². The van der Waals surface area contributed by atoms with Crippen molar-refractivity contribution in [1.82, 2.24) is 20.0 Å². The van der Waals surface area contributed by atoms with Crippen molar-refractivity contribution in [2.75, 3.05) is 26.7 Å². The molecule has 0 saturated carbocycles. The van der Waals surface area contributed by atoms with Crippen LogP contribution in [0.25, 0.3) is 0 Å². The van der Waals surface area contributed by atoms with E-state index in [-0.39, 0.29) is 11.9 Å². The van der Waals surface area contributed by atoms with Gasteiger partial charge in [0.2, 0.25) is 0 Å². The number of carbonyl (C=O) groups is 1. The minimum absolute atomic E-state index is 0.00169. The van der Waals surface area contributed by atoms with Crippen LogP contribution < -0.4 is 0 Å². The second-order valence-corrected chi connectivity index (χ2v) is 5.41. The second-order valence-electron chi connectivity index (χ2n) is 4.62. The number of piperazine rings is 1. The van der Waals surface area contributed by atoms with E-state index < -0.39 is 0 Å². The fourth-order valence-electron chi connectivity index (χ4n) is 2.13. The quantitative estimate of drug-likeness (QED) is 0.849. The van der Waals surface area contributed by atoms with E-state index in [1.54, 1.807) is 0 Å². The third-order valence-corrected chi connectivity index (χ3v) is 4.14. The zero-order valence-corrected chi connectivity index (χ0v) is 11.9. The summed E-state index contributed by atoms with van der Waals surface area (Å²) in [7, 11) is 2.08. The highest BCUT2D eigenvalue weighted by Gasteiger charge is 2.29. The van der Waals surface area contributed by atoms with Crippen molar-refractivity contribution in [3.63, 3.8) is 0 Å². The maximum Gasteiger partial charge on any atom is 0.275 e. The summed E-state index contributed by atoms with van der Waals surface area (Å²) in [5.74, 6) is 0.00169. The number of hydrogen-bond donors (Lipinski definition) is 1. The molecule has 0 aliphatic carbocycles. The molecule has 2 heterocycles. The minimum Gasteiger partial charge on any atom is -0.332 e. The van der Waals surface area contributed by atoms with E-state index in [0.29, 0.717) is 5.69 Å². The molecule has 1 N–H and O–H groups in total. The number of likely N-dealkylation sites (N-methyl/N-ethyl adjacent to an activating group) is 1. The van der Waals surface area contributed by atoms with Gasteiger partial charge in [0.1, 0.15) is 0 Å². The van der Waals surface area contributed by atoms with E-state index in [1.165, 1.54) is 0 Å². The van der Waals surface area contributed by atoms with Gasteiger partial charge in [0, 0.05) is 31.4 Å². The van der Waals surface area contributed by atoms with Crippen LogP contribution in [0.1, 0.15) is 23.1 Å². The van der Waals surface area contributed by atoms with Gasteiger partial charge in [-0.05, 0) is 36.8 Å². The van der Waals surface area contributed by atoms with E-state index in [9.17, 15) is 4.79 Å². The Kier molecular flexibility index (Phi) is 3.53. The molecule has 1 aromatic rings. The van der Waals surface area contributed by atoms with E-state index in [1.807, 2.05) is 11.8 Å². The number of aryl methyl sites for hydroxylation is 1. The third-order valence-electron chi connectivity index (χ3n) is 3.17. The van der Waals surface area contributed by atoms with Crippen LogP contribution in [0.2, 0.25) is 0 Å². The molecule has 2 rings (SSSR count). The molecule has 1 amide bonds. The number of nitrogens with zero attached hydrogens (tertiary/aromatic N) is 3. The average Bonchev–Trinajstić information content (AvgIpc) is 2.59. The van der Waals surface area contributed by atoms with Gasteiger partial charge < -0.3 is 9.80 Å². The summed E-state index contributed by atoms with van der Waals surface area (Å²) in [5, 5.41) is 6.89. The first-order valence-corrected chi connectivity index (χ1v) is 6.50. The molecule has 0 unspecified atom stereocenters. The summed E-state index contributed by atoms with van der Waals surface area (Å²) < 4.78 is 0.772. The molecule has 1 aromatic heterocycles. The third kappa shape index (κ3) is 2.37. The number of aromatic nitrogens is 2. The van der Waals surface area contributed by atoms with Gasteiger partial charge in [0.25, 0.3) is 5.91 Å². The first kappa shape index (κ1) is 12.6. The van der Waals surface area contributed by atoms with Crippen molar-refractivity contribution in [1.29, 1.82) is 0 Å². The fourth-order valence-corrected chi connectivity index (χ4v) is 2.48. The van der Waals surface area contributed by atoms with Crippen LogP contribution in [0, 0.1) is 6.92 Å². The fraction of sp³-hybridized carbons (Fsp3) is 0.636. The van der Waals surface area contributed by atoms with E-state index in [4.69, 9.17) is 0 Å². The number of rotatable bonds is 1. The summed E-state index contributed by atoms with van der Waals surface area (Å²) >= 11 is 3.40. The molecule has 0 radical (unpaired) electrons. The van der Waals surface area contributed by atoms with Gasteiger partial charge in [0.05, 0.1) is 4.47 Å². The van der Waals surface area contributed by atoms with Crippen LogP contribution in [0.15, 0.2) is 4.47 Å². The van der Waals surface area contributed by atoms with Crippen molar-refractivity contribution >= 4 is 21.8 Å². The van der Waals surface area contributed by atoms with Gasteiger partial charge in [-0.15, -0.1) is 0 Å². The predicted molar refractivity (Wildman–Crippen MR) is 69.0 cm³/mol. The Labute approximate surface area is 109 Å². The molecule has 1 aliphatic heterocycles. The number of amides is 1. The molecule has 94 valence electrons. The first-order chi connectivity index (χ1) is 8.00. The Morgan fingerprint density at radius 3 is 2.76 bits per heavy atom. The van der Waals surface area contributed by atoms with Crippen LogP contribution in [0.3, 0.4) is 0 Å². The number of carbonyl (C=O) groups excluding carboxylic acids is 1. The van der Waals surface area contributed by atoms with E-state index >= 15 is 0 Å². The monoisotopic (exact) mass is 300 g/mol. The zero-order chi connectivity index (χ0) is 12.6. The van der Waals surface area contributed by atoms with E-state index in [2.05, 4.69) is 45.0 Å². The molecule has 0 aromatic carbocycles. The highest BCUT2D eigenvalue weighted by atomic mass is 79.9. The van der Waals surface area contributed by atoms with Crippen molar-refractivity contribution in [3.8, 4) is 0 Å². The van der Waals surface area contributed by atoms with Crippen LogP contribution >= 0.6 is 15.9 Å². The Hall–Kier alpha value is -0.880. The lowest BCUT2D eigenvalue weighted by Crippen LogP contribution is -2.52. The number of H-pyrrole nitrogens is 1. The second kappa shape index (κ2) is 4.78. The molecule has 17 heavy (non-hydrogen) atoms. The number of aromatic amines is 1.